The molecule has 0 spiro atoms. The first kappa shape index (κ1) is 25.3. The highest BCUT2D eigenvalue weighted by Crippen LogP contribution is 2.27. The molecule has 2 saturated heterocycles. The van der Waals surface area contributed by atoms with Gasteiger partial charge in [-0.2, -0.15) is 0 Å². The Balaban J connectivity index is 1.30. The molecule has 2 aromatic rings. The summed E-state index contributed by atoms with van der Waals surface area (Å²) in [5.74, 6) is 1.15. The van der Waals surface area contributed by atoms with Crippen molar-refractivity contribution in [3.8, 4) is 0 Å². The lowest BCUT2D eigenvalue weighted by Crippen LogP contribution is -2.42. The average molecular weight is 484 g/mol. The largest absolute Gasteiger partial charge is 0.381 e. The minimum Gasteiger partial charge on any atom is -0.381 e. The number of likely N-dealkylation sites (tertiary alicyclic amines) is 1. The van der Waals surface area contributed by atoms with E-state index in [0.29, 0.717) is 24.7 Å². The van der Waals surface area contributed by atoms with E-state index < -0.39 is 0 Å². The van der Waals surface area contributed by atoms with E-state index in [2.05, 4.69) is 54.4 Å². The highest BCUT2D eigenvalue weighted by Gasteiger charge is 2.24. The van der Waals surface area contributed by atoms with Gasteiger partial charge in [0.05, 0.1) is 15.2 Å². The summed E-state index contributed by atoms with van der Waals surface area (Å²) in [6.45, 7) is 9.50. The molecule has 2 aliphatic rings. The van der Waals surface area contributed by atoms with Crippen LogP contribution >= 0.6 is 11.3 Å². The van der Waals surface area contributed by atoms with Crippen molar-refractivity contribution in [3.63, 3.8) is 0 Å². The van der Waals surface area contributed by atoms with Crippen molar-refractivity contribution in [1.82, 2.24) is 15.2 Å². The second-order valence-electron chi connectivity index (χ2n) is 10.2. The fourth-order valence-electron chi connectivity index (χ4n) is 5.05. The Morgan fingerprint density at radius 1 is 1.21 bits per heavy atom. The van der Waals surface area contributed by atoms with Gasteiger partial charge >= 0.3 is 0 Å². The quantitative estimate of drug-likeness (QED) is 0.441. The number of carbonyl (C=O) groups is 1. The van der Waals surface area contributed by atoms with Crippen LogP contribution in [0.5, 0.6) is 0 Å². The molecule has 1 aromatic heterocycles. The van der Waals surface area contributed by atoms with Crippen LogP contribution in [-0.2, 0) is 16.0 Å². The van der Waals surface area contributed by atoms with Gasteiger partial charge in [0.2, 0.25) is 5.91 Å². The molecule has 1 aromatic carbocycles. The van der Waals surface area contributed by atoms with Crippen molar-refractivity contribution >= 4 is 27.5 Å². The number of fused-ring (bicyclic) bond motifs is 1. The van der Waals surface area contributed by atoms with Gasteiger partial charge in [0, 0.05) is 38.6 Å². The Labute approximate surface area is 209 Å². The first-order valence-electron chi connectivity index (χ1n) is 13.2. The highest BCUT2D eigenvalue weighted by atomic mass is 32.1. The van der Waals surface area contributed by atoms with Crippen LogP contribution < -0.4 is 5.32 Å². The van der Waals surface area contributed by atoms with Gasteiger partial charge in [0.15, 0.2) is 0 Å². The van der Waals surface area contributed by atoms with E-state index in [1.807, 2.05) is 0 Å². The van der Waals surface area contributed by atoms with Crippen LogP contribution in [-0.4, -0.2) is 54.7 Å². The zero-order valence-electron chi connectivity index (χ0n) is 20.9. The number of hydrogen-bond acceptors (Lipinski definition) is 5. The summed E-state index contributed by atoms with van der Waals surface area (Å²) in [5, 5.41) is 4.42. The number of benzene rings is 1. The number of nitrogens with one attached hydrogen (secondary N) is 1. The summed E-state index contributed by atoms with van der Waals surface area (Å²) >= 11 is 1.72. The molecular weight excluding hydrogens is 442 g/mol. The van der Waals surface area contributed by atoms with Crippen molar-refractivity contribution in [3.05, 3.63) is 40.9 Å². The van der Waals surface area contributed by atoms with Gasteiger partial charge in [-0.3, -0.25) is 9.69 Å². The SMILES string of the molecule is CC(C)c1ccc2nc(CCC(=O)NC(C/C=C/CN3CCCCC3)C3CCOCC3)sc2c1. The van der Waals surface area contributed by atoms with Gasteiger partial charge in [-0.15, -0.1) is 11.3 Å². The molecule has 4 rings (SSSR count). The van der Waals surface area contributed by atoms with E-state index in [0.717, 1.165) is 49.5 Å². The Bertz CT molecular complexity index is 942. The third-order valence-corrected chi connectivity index (χ3v) is 8.32. The van der Waals surface area contributed by atoms with Crippen LogP contribution in [0.4, 0.5) is 0 Å². The topological polar surface area (TPSA) is 54.5 Å². The summed E-state index contributed by atoms with van der Waals surface area (Å²) in [5.41, 5.74) is 2.39. The number of amides is 1. The minimum atomic E-state index is 0.142. The van der Waals surface area contributed by atoms with Gasteiger partial charge in [-0.25, -0.2) is 4.98 Å². The molecule has 3 heterocycles. The molecule has 1 N–H and O–H groups in total. The van der Waals surface area contributed by atoms with Gasteiger partial charge < -0.3 is 10.1 Å². The zero-order chi connectivity index (χ0) is 23.8. The van der Waals surface area contributed by atoms with E-state index in [1.54, 1.807) is 11.3 Å². The number of rotatable bonds is 10. The van der Waals surface area contributed by atoms with Crippen LogP contribution in [0.1, 0.15) is 75.3 Å². The van der Waals surface area contributed by atoms with E-state index in [-0.39, 0.29) is 11.9 Å². The normalized spacial score (nSPS) is 19.3. The highest BCUT2D eigenvalue weighted by molar-refractivity contribution is 7.18. The maximum atomic E-state index is 12.9. The van der Waals surface area contributed by atoms with Crippen molar-refractivity contribution in [2.24, 2.45) is 5.92 Å². The average Bonchev–Trinajstić information content (AvgIpc) is 3.28. The maximum absolute atomic E-state index is 12.9. The Kier molecular flexibility index (Phi) is 9.54. The molecular formula is C28H41N3O2S. The summed E-state index contributed by atoms with van der Waals surface area (Å²) in [6.07, 6.45) is 12.8. The van der Waals surface area contributed by atoms with E-state index in [9.17, 15) is 4.79 Å². The first-order valence-corrected chi connectivity index (χ1v) is 14.0. The molecule has 34 heavy (non-hydrogen) atoms. The van der Waals surface area contributed by atoms with Crippen molar-refractivity contribution in [2.75, 3.05) is 32.8 Å². The second kappa shape index (κ2) is 12.8. The van der Waals surface area contributed by atoms with Crippen LogP contribution in [0.3, 0.4) is 0 Å². The molecule has 0 aliphatic carbocycles. The van der Waals surface area contributed by atoms with Crippen LogP contribution in [0.25, 0.3) is 10.2 Å². The van der Waals surface area contributed by atoms with Crippen LogP contribution in [0.15, 0.2) is 30.4 Å². The van der Waals surface area contributed by atoms with E-state index in [1.165, 1.54) is 42.6 Å². The lowest BCUT2D eigenvalue weighted by molar-refractivity contribution is -0.122. The van der Waals surface area contributed by atoms with Crippen molar-refractivity contribution in [2.45, 2.75) is 77.2 Å². The van der Waals surface area contributed by atoms with Gasteiger partial charge in [-0.05, 0) is 74.7 Å². The molecule has 2 fully saturated rings. The smallest absolute Gasteiger partial charge is 0.220 e. The molecule has 5 nitrogen and oxygen atoms in total. The molecule has 1 amide bonds. The summed E-state index contributed by atoms with van der Waals surface area (Å²) in [4.78, 5) is 20.2. The number of carbonyl (C=O) groups excluding carboxylic acids is 1. The summed E-state index contributed by atoms with van der Waals surface area (Å²) in [6, 6.07) is 6.72. The second-order valence-corrected chi connectivity index (χ2v) is 11.3. The molecule has 0 radical (unpaired) electrons. The molecule has 6 heteroatoms. The molecule has 1 unspecified atom stereocenters. The number of piperidine rings is 1. The fraction of sp³-hybridized carbons (Fsp3) is 0.643. The minimum absolute atomic E-state index is 0.142. The molecule has 1 atom stereocenters. The van der Waals surface area contributed by atoms with Gasteiger partial charge in [-0.1, -0.05) is 38.5 Å². The number of nitrogens with zero attached hydrogens (tertiary/aromatic N) is 2. The van der Waals surface area contributed by atoms with Gasteiger partial charge in [0.1, 0.15) is 0 Å². The monoisotopic (exact) mass is 483 g/mol. The van der Waals surface area contributed by atoms with Crippen LogP contribution in [0, 0.1) is 5.92 Å². The third-order valence-electron chi connectivity index (χ3n) is 7.24. The van der Waals surface area contributed by atoms with Crippen LogP contribution in [0.2, 0.25) is 0 Å². The Hall–Kier alpha value is -1.76. The van der Waals surface area contributed by atoms with E-state index >= 15 is 0 Å². The molecule has 186 valence electrons. The molecule has 2 aliphatic heterocycles. The predicted molar refractivity (Wildman–Crippen MR) is 142 cm³/mol. The van der Waals surface area contributed by atoms with Crippen molar-refractivity contribution in [1.29, 1.82) is 0 Å². The van der Waals surface area contributed by atoms with Gasteiger partial charge in [0.25, 0.3) is 0 Å². The first-order chi connectivity index (χ1) is 16.6. The number of aromatic nitrogens is 1. The summed E-state index contributed by atoms with van der Waals surface area (Å²) in [7, 11) is 0. The number of thiazole rings is 1. The number of aryl methyl sites for hydroxylation is 1. The Morgan fingerprint density at radius 3 is 2.76 bits per heavy atom. The number of hydrogen-bond donors (Lipinski definition) is 1. The number of ether oxygens (including phenoxy) is 1. The zero-order valence-corrected chi connectivity index (χ0v) is 21.7. The maximum Gasteiger partial charge on any atom is 0.220 e. The Morgan fingerprint density at radius 2 is 2.00 bits per heavy atom. The lowest BCUT2D eigenvalue weighted by atomic mass is 9.89. The molecule has 0 bridgehead atoms. The van der Waals surface area contributed by atoms with Crippen molar-refractivity contribution < 1.29 is 9.53 Å². The lowest BCUT2D eigenvalue weighted by Gasteiger charge is -2.30. The van der Waals surface area contributed by atoms with E-state index in [4.69, 9.17) is 9.72 Å². The summed E-state index contributed by atoms with van der Waals surface area (Å²) < 4.78 is 6.80. The predicted octanol–water partition coefficient (Wildman–Crippen LogP) is 5.70. The molecule has 0 saturated carbocycles. The third kappa shape index (κ3) is 7.37. The standard InChI is InChI=1S/C28H41N3O2S/c1-21(2)23-9-10-25-26(20-23)34-28(30-25)12-11-27(32)29-24(22-13-18-33-19-14-22)8-4-7-17-31-15-5-3-6-16-31/h4,7,9-10,20-22,24H,3,5-6,8,11-19H2,1-2H3,(H,29,32)/b7-4+. The fourth-order valence-corrected chi connectivity index (χ4v) is 6.07.